The molecule has 1 fully saturated rings. The molecule has 0 radical (unpaired) electrons. The number of pyridine rings is 1. The molecule has 1 aromatic rings. The Morgan fingerprint density at radius 2 is 1.81 bits per heavy atom. The molecule has 0 atom stereocenters. The maximum Gasteiger partial charge on any atom is 0.416 e. The Hall–Kier alpha value is -1.34. The molecule has 0 unspecified atom stereocenters. The lowest BCUT2D eigenvalue weighted by Crippen LogP contribution is -2.57. The predicted molar refractivity (Wildman–Crippen MR) is 76.2 cm³/mol. The zero-order valence-electron chi connectivity index (χ0n) is 12.3. The Morgan fingerprint density at radius 1 is 1.19 bits per heavy atom. The summed E-state index contributed by atoms with van der Waals surface area (Å²) in [5.74, 6) is 0.384. The summed E-state index contributed by atoms with van der Waals surface area (Å²) in [4.78, 5) is 8.21. The Morgan fingerprint density at radius 3 is 2.33 bits per heavy atom. The van der Waals surface area contributed by atoms with E-state index in [0.29, 0.717) is 25.5 Å². The van der Waals surface area contributed by atoms with Gasteiger partial charge in [-0.1, -0.05) is 0 Å². The number of anilines is 1. The zero-order chi connectivity index (χ0) is 15.7. The Kier molecular flexibility index (Phi) is 4.43. The van der Waals surface area contributed by atoms with Gasteiger partial charge in [-0.05, 0) is 26.0 Å². The lowest BCUT2D eigenvalue weighted by atomic mass is 10.0. The van der Waals surface area contributed by atoms with E-state index >= 15 is 0 Å². The van der Waals surface area contributed by atoms with E-state index in [1.165, 1.54) is 6.20 Å². The SMILES string of the molecule is CC(C)(CN)N1CCN(c2cc(C(F)(F)F)ccn2)CC1. The topological polar surface area (TPSA) is 45.4 Å². The Balaban J connectivity index is 2.06. The fourth-order valence-electron chi connectivity index (χ4n) is 2.44. The smallest absolute Gasteiger partial charge is 0.354 e. The van der Waals surface area contributed by atoms with Crippen molar-refractivity contribution in [2.75, 3.05) is 37.6 Å². The molecule has 0 bridgehead atoms. The number of aromatic nitrogens is 1. The van der Waals surface area contributed by atoms with Gasteiger partial charge in [0.1, 0.15) is 5.82 Å². The van der Waals surface area contributed by atoms with Crippen molar-refractivity contribution in [1.82, 2.24) is 9.88 Å². The van der Waals surface area contributed by atoms with Crippen molar-refractivity contribution in [2.24, 2.45) is 5.73 Å². The third-order valence-corrected chi connectivity index (χ3v) is 4.03. The molecule has 4 nitrogen and oxygen atoms in total. The van der Waals surface area contributed by atoms with Gasteiger partial charge in [-0.3, -0.25) is 4.90 Å². The number of halogens is 3. The first kappa shape index (κ1) is 16.0. The molecule has 1 aliphatic heterocycles. The van der Waals surface area contributed by atoms with E-state index < -0.39 is 11.7 Å². The van der Waals surface area contributed by atoms with Gasteiger partial charge in [0.15, 0.2) is 0 Å². The van der Waals surface area contributed by atoms with Crippen molar-refractivity contribution in [1.29, 1.82) is 0 Å². The van der Waals surface area contributed by atoms with Crippen molar-refractivity contribution in [3.05, 3.63) is 23.9 Å². The number of nitrogens with zero attached hydrogens (tertiary/aromatic N) is 3. The van der Waals surface area contributed by atoms with Gasteiger partial charge in [-0.2, -0.15) is 13.2 Å². The minimum atomic E-state index is -4.33. The first-order valence-corrected chi connectivity index (χ1v) is 6.97. The van der Waals surface area contributed by atoms with E-state index in [0.717, 1.165) is 25.2 Å². The average molecular weight is 302 g/mol. The molecule has 1 aromatic heterocycles. The number of alkyl halides is 3. The molecule has 1 saturated heterocycles. The fourth-order valence-corrected chi connectivity index (χ4v) is 2.44. The van der Waals surface area contributed by atoms with Crippen molar-refractivity contribution >= 4 is 5.82 Å². The van der Waals surface area contributed by atoms with Crippen LogP contribution in [0.3, 0.4) is 0 Å². The molecule has 0 saturated carbocycles. The van der Waals surface area contributed by atoms with E-state index in [4.69, 9.17) is 5.73 Å². The first-order chi connectivity index (χ1) is 9.74. The number of hydrogen-bond acceptors (Lipinski definition) is 4. The molecule has 118 valence electrons. The molecular formula is C14H21F3N4. The van der Waals surface area contributed by atoms with Crippen LogP contribution in [0.4, 0.5) is 19.0 Å². The molecule has 7 heteroatoms. The van der Waals surface area contributed by atoms with Gasteiger partial charge < -0.3 is 10.6 Å². The molecule has 1 aliphatic rings. The summed E-state index contributed by atoms with van der Waals surface area (Å²) in [5.41, 5.74) is 5.01. The second-order valence-electron chi connectivity index (χ2n) is 5.89. The summed E-state index contributed by atoms with van der Waals surface area (Å²) in [5, 5.41) is 0. The van der Waals surface area contributed by atoms with Gasteiger partial charge in [0.25, 0.3) is 0 Å². The van der Waals surface area contributed by atoms with E-state index in [2.05, 4.69) is 23.7 Å². The maximum atomic E-state index is 12.7. The summed E-state index contributed by atoms with van der Waals surface area (Å²) in [6, 6.07) is 2.11. The number of rotatable bonds is 3. The van der Waals surface area contributed by atoms with Crippen LogP contribution in [0.25, 0.3) is 0 Å². The van der Waals surface area contributed by atoms with Gasteiger partial charge in [0, 0.05) is 44.5 Å². The third-order valence-electron chi connectivity index (χ3n) is 4.03. The summed E-state index contributed by atoms with van der Waals surface area (Å²) >= 11 is 0. The van der Waals surface area contributed by atoms with Crippen LogP contribution < -0.4 is 10.6 Å². The van der Waals surface area contributed by atoms with E-state index in [9.17, 15) is 13.2 Å². The molecule has 21 heavy (non-hydrogen) atoms. The van der Waals surface area contributed by atoms with Crippen LogP contribution in [0.5, 0.6) is 0 Å². The molecule has 2 rings (SSSR count). The van der Waals surface area contributed by atoms with Crippen molar-refractivity contribution in [3.63, 3.8) is 0 Å². The Bertz CT molecular complexity index is 479. The first-order valence-electron chi connectivity index (χ1n) is 6.97. The highest BCUT2D eigenvalue weighted by molar-refractivity contribution is 5.42. The van der Waals surface area contributed by atoms with Crippen molar-refractivity contribution < 1.29 is 13.2 Å². The second-order valence-corrected chi connectivity index (χ2v) is 5.89. The van der Waals surface area contributed by atoms with Crippen LogP contribution in [0, 0.1) is 0 Å². The summed E-state index contributed by atoms with van der Waals surface area (Å²) < 4.78 is 38.2. The highest BCUT2D eigenvalue weighted by atomic mass is 19.4. The normalized spacial score (nSPS) is 18.1. The van der Waals surface area contributed by atoms with E-state index in [1.54, 1.807) is 0 Å². The molecule has 0 aromatic carbocycles. The maximum absolute atomic E-state index is 12.7. The molecule has 0 spiro atoms. The van der Waals surface area contributed by atoms with Crippen LogP contribution in [0.15, 0.2) is 18.3 Å². The molecule has 0 aliphatic carbocycles. The monoisotopic (exact) mass is 302 g/mol. The van der Waals surface area contributed by atoms with Crippen molar-refractivity contribution in [3.8, 4) is 0 Å². The van der Waals surface area contributed by atoms with Gasteiger partial charge in [-0.25, -0.2) is 4.98 Å². The lowest BCUT2D eigenvalue weighted by molar-refractivity contribution is -0.137. The highest BCUT2D eigenvalue weighted by Crippen LogP contribution is 2.31. The van der Waals surface area contributed by atoms with Crippen LogP contribution in [-0.2, 0) is 6.18 Å². The number of nitrogens with two attached hydrogens (primary N) is 1. The highest BCUT2D eigenvalue weighted by Gasteiger charge is 2.32. The molecule has 0 amide bonds. The fraction of sp³-hybridized carbons (Fsp3) is 0.643. The van der Waals surface area contributed by atoms with E-state index in [1.807, 2.05) is 4.90 Å². The summed E-state index contributed by atoms with van der Waals surface area (Å²) in [7, 11) is 0. The largest absolute Gasteiger partial charge is 0.416 e. The van der Waals surface area contributed by atoms with Gasteiger partial charge in [0.2, 0.25) is 0 Å². The summed E-state index contributed by atoms with van der Waals surface area (Å²) in [6.07, 6.45) is -3.12. The van der Waals surface area contributed by atoms with Crippen LogP contribution in [-0.4, -0.2) is 48.1 Å². The number of piperazine rings is 1. The quantitative estimate of drug-likeness (QED) is 0.927. The predicted octanol–water partition coefficient (Wildman–Crippen LogP) is 1.96. The third kappa shape index (κ3) is 3.65. The standard InChI is InChI=1S/C14H21F3N4/c1-13(2,10-18)21-7-5-20(6-8-21)12-9-11(3-4-19-12)14(15,16)17/h3-4,9H,5-8,10,18H2,1-2H3. The van der Waals surface area contributed by atoms with Crippen LogP contribution in [0.1, 0.15) is 19.4 Å². The minimum absolute atomic E-state index is 0.0899. The zero-order valence-corrected chi connectivity index (χ0v) is 12.3. The molecular weight excluding hydrogens is 281 g/mol. The minimum Gasteiger partial charge on any atom is -0.354 e. The van der Waals surface area contributed by atoms with Gasteiger partial charge in [-0.15, -0.1) is 0 Å². The van der Waals surface area contributed by atoms with Gasteiger partial charge >= 0.3 is 6.18 Å². The number of hydrogen-bond donors (Lipinski definition) is 1. The van der Waals surface area contributed by atoms with E-state index in [-0.39, 0.29) is 5.54 Å². The second kappa shape index (κ2) is 5.81. The molecule has 2 N–H and O–H groups in total. The Labute approximate surface area is 122 Å². The van der Waals surface area contributed by atoms with Gasteiger partial charge in [0.05, 0.1) is 5.56 Å². The lowest BCUT2D eigenvalue weighted by Gasteiger charge is -2.43. The van der Waals surface area contributed by atoms with Crippen molar-refractivity contribution in [2.45, 2.75) is 25.6 Å². The van der Waals surface area contributed by atoms with Crippen LogP contribution in [0.2, 0.25) is 0 Å². The summed E-state index contributed by atoms with van der Waals surface area (Å²) in [6.45, 7) is 7.53. The molecule has 2 heterocycles. The average Bonchev–Trinajstić information content (AvgIpc) is 2.47. The van der Waals surface area contributed by atoms with Crippen LogP contribution >= 0.6 is 0 Å².